The van der Waals surface area contributed by atoms with E-state index < -0.39 is 5.82 Å². The van der Waals surface area contributed by atoms with Crippen LogP contribution in [0.4, 0.5) is 10.1 Å². The number of nitrogens with zero attached hydrogens (tertiary/aromatic N) is 2. The third-order valence-corrected chi connectivity index (χ3v) is 4.51. The van der Waals surface area contributed by atoms with Crippen molar-refractivity contribution in [1.29, 1.82) is 0 Å². The van der Waals surface area contributed by atoms with E-state index in [1.54, 1.807) is 18.3 Å². The highest BCUT2D eigenvalue weighted by molar-refractivity contribution is 7.09. The monoisotopic (exact) mass is 362 g/mol. The molecule has 0 radical (unpaired) electrons. The summed E-state index contributed by atoms with van der Waals surface area (Å²) in [6, 6.07) is 9.37. The summed E-state index contributed by atoms with van der Waals surface area (Å²) in [6.07, 6.45) is 1.63. The number of anilines is 1. The van der Waals surface area contributed by atoms with Crippen molar-refractivity contribution in [3.8, 4) is 11.4 Å². The second-order valence-corrected chi connectivity index (χ2v) is 6.09. The molecule has 0 aliphatic carbocycles. The van der Waals surface area contributed by atoms with Crippen LogP contribution in [0.25, 0.3) is 11.4 Å². The molecular formula is C16H12ClFN4OS. The fraction of sp³-hybridized carbons (Fsp3) is 0.0625. The van der Waals surface area contributed by atoms with Gasteiger partial charge in [0, 0.05) is 17.8 Å². The first-order chi connectivity index (χ1) is 11.6. The van der Waals surface area contributed by atoms with Crippen LogP contribution in [0.5, 0.6) is 0 Å². The Kier molecular flexibility index (Phi) is 4.73. The molecule has 0 atom stereocenters. The van der Waals surface area contributed by atoms with Crippen LogP contribution in [0.15, 0.2) is 42.6 Å². The first-order valence-electron chi connectivity index (χ1n) is 6.95. The maximum Gasteiger partial charge on any atom is 0.265 e. The minimum Gasteiger partial charge on any atom is -0.396 e. The van der Waals surface area contributed by atoms with Crippen LogP contribution in [0.1, 0.15) is 15.2 Å². The number of aromatic nitrogens is 2. The Labute approximate surface area is 146 Å². The Hall–Kier alpha value is -2.51. The Balaban J connectivity index is 1.75. The van der Waals surface area contributed by atoms with E-state index in [9.17, 15) is 9.18 Å². The molecule has 1 amide bonds. The average molecular weight is 363 g/mol. The van der Waals surface area contributed by atoms with Crippen LogP contribution < -0.4 is 11.1 Å². The molecule has 5 nitrogen and oxygen atoms in total. The molecule has 3 rings (SSSR count). The summed E-state index contributed by atoms with van der Waals surface area (Å²) in [7, 11) is 0. The highest BCUT2D eigenvalue weighted by atomic mass is 35.5. The number of benzene rings is 1. The zero-order chi connectivity index (χ0) is 17.1. The van der Waals surface area contributed by atoms with Crippen molar-refractivity contribution in [2.45, 2.75) is 6.54 Å². The molecule has 2 aromatic heterocycles. The van der Waals surface area contributed by atoms with Gasteiger partial charge in [-0.05, 0) is 41.4 Å². The molecule has 1 aromatic carbocycles. The zero-order valence-electron chi connectivity index (χ0n) is 12.3. The molecule has 122 valence electrons. The van der Waals surface area contributed by atoms with Gasteiger partial charge in [0.2, 0.25) is 0 Å². The maximum absolute atomic E-state index is 13.0. The number of hydrogen-bond donors (Lipinski definition) is 2. The Morgan fingerprint density at radius 3 is 2.88 bits per heavy atom. The van der Waals surface area contributed by atoms with Crippen molar-refractivity contribution in [3.63, 3.8) is 0 Å². The molecule has 0 aliphatic rings. The number of nitrogens with two attached hydrogens (primary N) is 1. The normalized spacial score (nSPS) is 10.6. The number of nitrogen functional groups attached to an aromatic ring is 1. The smallest absolute Gasteiger partial charge is 0.265 e. The predicted octanol–water partition coefficient (Wildman–Crippen LogP) is 3.51. The number of halogens is 2. The minimum atomic E-state index is -0.429. The quantitative estimate of drug-likeness (QED) is 0.744. The van der Waals surface area contributed by atoms with Gasteiger partial charge in [0.15, 0.2) is 0 Å². The maximum atomic E-state index is 13.0. The second-order valence-electron chi connectivity index (χ2n) is 4.91. The molecule has 0 unspecified atom stereocenters. The van der Waals surface area contributed by atoms with Crippen LogP contribution >= 0.6 is 23.1 Å². The van der Waals surface area contributed by atoms with Gasteiger partial charge in [0.1, 0.15) is 16.4 Å². The van der Waals surface area contributed by atoms with Gasteiger partial charge in [-0.3, -0.25) is 9.78 Å². The molecule has 0 bridgehead atoms. The second kappa shape index (κ2) is 6.94. The average Bonchev–Trinajstić information content (AvgIpc) is 2.96. The minimum absolute atomic E-state index is 0.161. The Morgan fingerprint density at radius 2 is 2.17 bits per heavy atom. The lowest BCUT2D eigenvalue weighted by Gasteiger charge is -2.06. The molecule has 2 heterocycles. The molecule has 0 spiro atoms. The zero-order valence-corrected chi connectivity index (χ0v) is 13.9. The molecule has 3 aromatic rings. The molecule has 24 heavy (non-hydrogen) atoms. The van der Waals surface area contributed by atoms with E-state index >= 15 is 0 Å². The molecule has 0 saturated carbocycles. The summed E-state index contributed by atoms with van der Waals surface area (Å²) in [4.78, 5) is 16.8. The SMILES string of the molecule is Nc1c(-c2ccccn2)nsc1C(=O)NCc1ccc(F)cc1Cl. The molecule has 8 heteroatoms. The fourth-order valence-electron chi connectivity index (χ4n) is 2.07. The summed E-state index contributed by atoms with van der Waals surface area (Å²) < 4.78 is 17.2. The van der Waals surface area contributed by atoms with E-state index in [0.717, 1.165) is 11.5 Å². The van der Waals surface area contributed by atoms with Gasteiger partial charge in [0.25, 0.3) is 5.91 Å². The number of carbonyl (C=O) groups is 1. The van der Waals surface area contributed by atoms with Crippen molar-refractivity contribution >= 4 is 34.7 Å². The van der Waals surface area contributed by atoms with Crippen molar-refractivity contribution in [3.05, 3.63) is 63.9 Å². The number of nitrogens with one attached hydrogen (secondary N) is 1. The highest BCUT2D eigenvalue weighted by Crippen LogP contribution is 2.29. The van der Waals surface area contributed by atoms with Crippen molar-refractivity contribution < 1.29 is 9.18 Å². The summed E-state index contributed by atoms with van der Waals surface area (Å²) in [6.45, 7) is 0.161. The Morgan fingerprint density at radius 1 is 1.33 bits per heavy atom. The molecule has 3 N–H and O–H groups in total. The molecule has 0 saturated heterocycles. The van der Waals surface area contributed by atoms with E-state index in [4.69, 9.17) is 17.3 Å². The fourth-order valence-corrected chi connectivity index (χ4v) is 3.03. The number of amides is 1. The number of hydrogen-bond acceptors (Lipinski definition) is 5. The van der Waals surface area contributed by atoms with E-state index in [0.29, 0.717) is 21.8 Å². The lowest BCUT2D eigenvalue weighted by Crippen LogP contribution is -2.22. The largest absolute Gasteiger partial charge is 0.396 e. The van der Waals surface area contributed by atoms with Crippen LogP contribution in [0.3, 0.4) is 0 Å². The van der Waals surface area contributed by atoms with Gasteiger partial charge in [-0.25, -0.2) is 4.39 Å². The summed E-state index contributed by atoms with van der Waals surface area (Å²) in [5.74, 6) is -0.797. The summed E-state index contributed by atoms with van der Waals surface area (Å²) >= 11 is 6.94. The Bertz CT molecular complexity index is 885. The van der Waals surface area contributed by atoms with Crippen molar-refractivity contribution in [2.24, 2.45) is 0 Å². The van der Waals surface area contributed by atoms with Crippen molar-refractivity contribution in [1.82, 2.24) is 14.7 Å². The lowest BCUT2D eigenvalue weighted by atomic mass is 10.2. The van der Waals surface area contributed by atoms with Crippen LogP contribution in [0, 0.1) is 5.82 Å². The van der Waals surface area contributed by atoms with Crippen molar-refractivity contribution in [2.75, 3.05) is 5.73 Å². The molecular weight excluding hydrogens is 351 g/mol. The van der Waals surface area contributed by atoms with E-state index in [-0.39, 0.29) is 23.2 Å². The van der Waals surface area contributed by atoms with E-state index in [1.165, 1.54) is 18.2 Å². The highest BCUT2D eigenvalue weighted by Gasteiger charge is 2.19. The van der Waals surface area contributed by atoms with Gasteiger partial charge in [-0.15, -0.1) is 0 Å². The predicted molar refractivity (Wildman–Crippen MR) is 92.3 cm³/mol. The van der Waals surface area contributed by atoms with Gasteiger partial charge in [-0.1, -0.05) is 23.7 Å². The van der Waals surface area contributed by atoms with Crippen LogP contribution in [0.2, 0.25) is 5.02 Å². The van der Waals surface area contributed by atoms with Crippen LogP contribution in [-0.2, 0) is 6.54 Å². The number of pyridine rings is 1. The van der Waals surface area contributed by atoms with Gasteiger partial charge < -0.3 is 11.1 Å². The first kappa shape index (κ1) is 16.4. The lowest BCUT2D eigenvalue weighted by molar-refractivity contribution is 0.0956. The third kappa shape index (κ3) is 3.37. The van der Waals surface area contributed by atoms with Gasteiger partial charge >= 0.3 is 0 Å². The van der Waals surface area contributed by atoms with E-state index in [1.807, 2.05) is 6.07 Å². The molecule has 0 aliphatic heterocycles. The number of carbonyl (C=O) groups excluding carboxylic acids is 1. The standard InChI is InChI=1S/C16H12ClFN4OS/c17-11-7-10(18)5-4-9(11)8-21-16(23)15-13(19)14(22-24-15)12-3-1-2-6-20-12/h1-7H,8,19H2,(H,21,23). The van der Waals surface area contributed by atoms with Gasteiger partial charge in [-0.2, -0.15) is 4.37 Å². The van der Waals surface area contributed by atoms with E-state index in [2.05, 4.69) is 14.7 Å². The number of rotatable bonds is 4. The third-order valence-electron chi connectivity index (χ3n) is 3.30. The topological polar surface area (TPSA) is 80.9 Å². The van der Waals surface area contributed by atoms with Crippen LogP contribution in [-0.4, -0.2) is 15.3 Å². The summed E-state index contributed by atoms with van der Waals surface area (Å²) in [5, 5.41) is 2.96. The van der Waals surface area contributed by atoms with Gasteiger partial charge in [0.05, 0.1) is 11.4 Å². The molecule has 0 fully saturated rings. The first-order valence-corrected chi connectivity index (χ1v) is 8.10. The summed E-state index contributed by atoms with van der Waals surface area (Å²) in [5.41, 5.74) is 8.00.